The van der Waals surface area contributed by atoms with Crippen LogP contribution >= 0.6 is 0 Å². The Morgan fingerprint density at radius 3 is 2.31 bits per heavy atom. The number of para-hydroxylation sites is 1. The average Bonchev–Trinajstić information content (AvgIpc) is 2.31. The summed E-state index contributed by atoms with van der Waals surface area (Å²) in [4.78, 5) is 6.44. The molecule has 16 heavy (non-hydrogen) atoms. The summed E-state index contributed by atoms with van der Waals surface area (Å²) in [6, 6.07) is 10.3. The van der Waals surface area contributed by atoms with E-state index in [-0.39, 0.29) is 0 Å². The zero-order valence-electron chi connectivity index (χ0n) is 10.4. The van der Waals surface area contributed by atoms with Gasteiger partial charge in [-0.05, 0) is 25.0 Å². The third-order valence-electron chi connectivity index (χ3n) is 2.85. The normalized spacial score (nSPS) is 11.9. The quantitative estimate of drug-likeness (QED) is 0.625. The van der Waals surface area contributed by atoms with Crippen molar-refractivity contribution in [3.05, 3.63) is 30.3 Å². The second-order valence-electron chi connectivity index (χ2n) is 3.89. The number of aliphatic imine (C=N–C) groups is 1. The van der Waals surface area contributed by atoms with Gasteiger partial charge in [0.25, 0.3) is 0 Å². The third-order valence-corrected chi connectivity index (χ3v) is 2.85. The Balaban J connectivity index is 2.77. The van der Waals surface area contributed by atoms with Crippen molar-refractivity contribution >= 4 is 11.6 Å². The van der Waals surface area contributed by atoms with Crippen LogP contribution in [0.15, 0.2) is 35.3 Å². The molecular weight excluding hydrogens is 198 g/mol. The van der Waals surface area contributed by atoms with Crippen molar-refractivity contribution in [1.82, 2.24) is 4.90 Å². The first-order chi connectivity index (χ1) is 7.69. The van der Waals surface area contributed by atoms with Crippen LogP contribution in [-0.2, 0) is 0 Å². The van der Waals surface area contributed by atoms with Gasteiger partial charge in [0.05, 0.1) is 5.69 Å². The third kappa shape index (κ3) is 3.26. The highest BCUT2D eigenvalue weighted by Gasteiger charge is 2.11. The molecule has 0 heterocycles. The van der Waals surface area contributed by atoms with E-state index in [1.807, 2.05) is 42.3 Å². The fourth-order valence-corrected chi connectivity index (χ4v) is 1.74. The Kier molecular flexibility index (Phi) is 4.83. The summed E-state index contributed by atoms with van der Waals surface area (Å²) in [5.41, 5.74) is 6.88. The van der Waals surface area contributed by atoms with Gasteiger partial charge in [-0.2, -0.15) is 0 Å². The molecule has 1 rings (SSSR count). The molecule has 0 spiro atoms. The van der Waals surface area contributed by atoms with Gasteiger partial charge in [0.2, 0.25) is 0 Å². The van der Waals surface area contributed by atoms with Crippen LogP contribution in [0.2, 0.25) is 0 Å². The maximum Gasteiger partial charge on any atom is 0.196 e. The van der Waals surface area contributed by atoms with Crippen LogP contribution in [0.25, 0.3) is 0 Å². The summed E-state index contributed by atoms with van der Waals surface area (Å²) in [5, 5.41) is 0. The topological polar surface area (TPSA) is 41.6 Å². The second kappa shape index (κ2) is 6.16. The molecule has 1 aromatic carbocycles. The van der Waals surface area contributed by atoms with Crippen LogP contribution in [0.1, 0.15) is 26.7 Å². The van der Waals surface area contributed by atoms with Crippen molar-refractivity contribution in [1.29, 1.82) is 0 Å². The molecule has 2 N–H and O–H groups in total. The van der Waals surface area contributed by atoms with Gasteiger partial charge in [-0.15, -0.1) is 0 Å². The minimum absolute atomic E-state index is 0.465. The molecule has 1 aromatic rings. The smallest absolute Gasteiger partial charge is 0.196 e. The van der Waals surface area contributed by atoms with Gasteiger partial charge in [0.1, 0.15) is 0 Å². The Morgan fingerprint density at radius 2 is 1.81 bits per heavy atom. The molecule has 0 radical (unpaired) electrons. The Labute approximate surface area is 98.0 Å². The number of hydrogen-bond donors (Lipinski definition) is 1. The number of benzene rings is 1. The first-order valence-electron chi connectivity index (χ1n) is 5.81. The van der Waals surface area contributed by atoms with Crippen LogP contribution in [0, 0.1) is 0 Å². The van der Waals surface area contributed by atoms with E-state index >= 15 is 0 Å². The van der Waals surface area contributed by atoms with Crippen molar-refractivity contribution < 1.29 is 0 Å². The lowest BCUT2D eigenvalue weighted by Gasteiger charge is -2.27. The van der Waals surface area contributed by atoms with E-state index in [4.69, 9.17) is 5.73 Å². The minimum Gasteiger partial charge on any atom is -0.369 e. The van der Waals surface area contributed by atoms with Gasteiger partial charge in [0.15, 0.2) is 5.96 Å². The summed E-state index contributed by atoms with van der Waals surface area (Å²) in [5.74, 6) is 0.583. The van der Waals surface area contributed by atoms with Crippen molar-refractivity contribution in [2.75, 3.05) is 7.05 Å². The maximum atomic E-state index is 5.98. The van der Waals surface area contributed by atoms with Gasteiger partial charge >= 0.3 is 0 Å². The number of hydrogen-bond acceptors (Lipinski definition) is 1. The predicted molar refractivity (Wildman–Crippen MR) is 69.9 cm³/mol. The molecule has 0 atom stereocenters. The van der Waals surface area contributed by atoms with E-state index < -0.39 is 0 Å². The fourth-order valence-electron chi connectivity index (χ4n) is 1.74. The highest BCUT2D eigenvalue weighted by Crippen LogP contribution is 2.12. The first-order valence-corrected chi connectivity index (χ1v) is 5.81. The van der Waals surface area contributed by atoms with Crippen LogP contribution in [0.5, 0.6) is 0 Å². The molecule has 0 aromatic heterocycles. The first kappa shape index (κ1) is 12.6. The lowest BCUT2D eigenvalue weighted by molar-refractivity contribution is 0.342. The number of guanidine groups is 1. The molecular formula is C13H21N3. The largest absolute Gasteiger partial charge is 0.369 e. The van der Waals surface area contributed by atoms with Crippen molar-refractivity contribution in [3.63, 3.8) is 0 Å². The van der Waals surface area contributed by atoms with Gasteiger partial charge in [0, 0.05) is 13.1 Å². The number of nitrogens with two attached hydrogens (primary N) is 1. The summed E-state index contributed by atoms with van der Waals surface area (Å²) in [6.45, 7) is 4.33. The highest BCUT2D eigenvalue weighted by atomic mass is 15.2. The van der Waals surface area contributed by atoms with Crippen molar-refractivity contribution in [2.24, 2.45) is 10.7 Å². The van der Waals surface area contributed by atoms with Crippen molar-refractivity contribution in [2.45, 2.75) is 32.7 Å². The van der Waals surface area contributed by atoms with Gasteiger partial charge in [-0.25, -0.2) is 4.99 Å². The number of rotatable bonds is 4. The summed E-state index contributed by atoms with van der Waals surface area (Å²) >= 11 is 0. The molecule has 0 bridgehead atoms. The van der Waals surface area contributed by atoms with Crippen LogP contribution < -0.4 is 5.73 Å². The van der Waals surface area contributed by atoms with Crippen LogP contribution in [0.4, 0.5) is 5.69 Å². The molecule has 3 nitrogen and oxygen atoms in total. The monoisotopic (exact) mass is 219 g/mol. The van der Waals surface area contributed by atoms with E-state index in [2.05, 4.69) is 18.8 Å². The molecule has 0 amide bonds. The Bertz CT molecular complexity index is 328. The second-order valence-corrected chi connectivity index (χ2v) is 3.89. The zero-order valence-corrected chi connectivity index (χ0v) is 10.4. The summed E-state index contributed by atoms with van der Waals surface area (Å²) in [6.07, 6.45) is 2.16. The highest BCUT2D eigenvalue weighted by molar-refractivity contribution is 5.81. The standard InChI is InChI=1S/C13H21N3/c1-4-12(5-2)16(3)13(14)15-11-9-7-6-8-10-11/h6-10,12H,4-5H2,1-3H3,(H2,14,15). The predicted octanol–water partition coefficient (Wildman–Crippen LogP) is 2.75. The average molecular weight is 219 g/mol. The maximum absolute atomic E-state index is 5.98. The molecule has 88 valence electrons. The molecule has 0 aliphatic carbocycles. The minimum atomic E-state index is 0.465. The van der Waals surface area contributed by atoms with Gasteiger partial charge < -0.3 is 10.6 Å². The van der Waals surface area contributed by atoms with E-state index in [1.165, 1.54) is 0 Å². The molecule has 0 fully saturated rings. The number of nitrogens with zero attached hydrogens (tertiary/aromatic N) is 2. The van der Waals surface area contributed by atoms with E-state index in [0.717, 1.165) is 18.5 Å². The van der Waals surface area contributed by atoms with Gasteiger partial charge in [-0.1, -0.05) is 32.0 Å². The molecule has 0 saturated carbocycles. The van der Waals surface area contributed by atoms with Crippen LogP contribution in [0.3, 0.4) is 0 Å². The van der Waals surface area contributed by atoms with E-state index in [1.54, 1.807) is 0 Å². The fraction of sp³-hybridized carbons (Fsp3) is 0.462. The van der Waals surface area contributed by atoms with Crippen molar-refractivity contribution in [3.8, 4) is 0 Å². The lowest BCUT2D eigenvalue weighted by Crippen LogP contribution is -2.41. The molecule has 3 heteroatoms. The summed E-state index contributed by atoms with van der Waals surface area (Å²) in [7, 11) is 2.00. The molecule has 0 aliphatic heterocycles. The zero-order chi connectivity index (χ0) is 12.0. The lowest BCUT2D eigenvalue weighted by atomic mass is 10.1. The Hall–Kier alpha value is -1.51. The van der Waals surface area contributed by atoms with E-state index in [0.29, 0.717) is 12.0 Å². The molecule has 0 saturated heterocycles. The molecule has 0 unspecified atom stereocenters. The SMILES string of the molecule is CCC(CC)N(C)C(N)=Nc1ccccc1. The Morgan fingerprint density at radius 1 is 1.25 bits per heavy atom. The van der Waals surface area contributed by atoms with Crippen LogP contribution in [-0.4, -0.2) is 23.9 Å². The molecule has 0 aliphatic rings. The summed E-state index contributed by atoms with van der Waals surface area (Å²) < 4.78 is 0. The van der Waals surface area contributed by atoms with Gasteiger partial charge in [-0.3, -0.25) is 0 Å². The van der Waals surface area contributed by atoms with E-state index in [9.17, 15) is 0 Å².